The first-order valence-corrected chi connectivity index (χ1v) is 12.1. The van der Waals surface area contributed by atoms with Gasteiger partial charge in [-0.3, -0.25) is 0 Å². The lowest BCUT2D eigenvalue weighted by molar-refractivity contribution is 0.672. The van der Waals surface area contributed by atoms with Gasteiger partial charge >= 0.3 is 0 Å². The number of benzene rings is 5. The standard InChI is InChI=1S/C30H16OPS/c32-20-10-7-18(8-11-20)5-6-19-9-12-21-23-13-16-26-24(29(23)31-27(21)17-19)14-15-25-22-3-1-2-4-28(22)33-30(25)26/h1-4,7-17,32H/q-1. The Morgan fingerprint density at radius 2 is 1.24 bits per heavy atom. The quantitative estimate of drug-likeness (QED) is 0.166. The van der Waals surface area contributed by atoms with Crippen LogP contribution < -0.4 is 5.30 Å². The Kier molecular flexibility index (Phi) is 4.12. The first-order chi connectivity index (χ1) is 16.2. The van der Waals surface area contributed by atoms with Crippen molar-refractivity contribution in [3.05, 3.63) is 102 Å². The van der Waals surface area contributed by atoms with Gasteiger partial charge in [-0.2, -0.15) is 0 Å². The molecule has 7 aromatic rings. The molecule has 2 heterocycles. The average molecular weight is 455 g/mol. The third-order valence-corrected chi connectivity index (χ3v) is 7.76. The average Bonchev–Trinajstić information content (AvgIpc) is 3.41. The molecule has 33 heavy (non-hydrogen) atoms. The first-order valence-electron chi connectivity index (χ1n) is 10.8. The van der Waals surface area contributed by atoms with Crippen molar-refractivity contribution in [2.75, 3.05) is 0 Å². The van der Waals surface area contributed by atoms with E-state index in [0.717, 1.165) is 43.8 Å². The van der Waals surface area contributed by atoms with Crippen LogP contribution in [0, 0.1) is 11.8 Å². The molecule has 0 radical (unpaired) electrons. The molecule has 7 rings (SSSR count). The SMILES string of the molecule is [PH-]c1ccc(C#Cc2ccc3c(c2)oc2c3ccc3c2ccc2c4ccccc4sc23)cc1. The second kappa shape index (κ2) is 7.19. The van der Waals surface area contributed by atoms with E-state index in [2.05, 4.69) is 81.7 Å². The van der Waals surface area contributed by atoms with Gasteiger partial charge < -0.3 is 13.7 Å². The molecule has 0 bridgehead atoms. The third-order valence-electron chi connectivity index (χ3n) is 6.21. The minimum Gasteiger partial charge on any atom is -0.525 e. The zero-order valence-corrected chi connectivity index (χ0v) is 19.3. The number of fused-ring (bicyclic) bond motifs is 9. The van der Waals surface area contributed by atoms with E-state index >= 15 is 0 Å². The summed E-state index contributed by atoms with van der Waals surface area (Å²) >= 11 is 1.85. The van der Waals surface area contributed by atoms with Crippen molar-refractivity contribution in [2.45, 2.75) is 0 Å². The topological polar surface area (TPSA) is 13.1 Å². The van der Waals surface area contributed by atoms with Crippen LogP contribution in [0.1, 0.15) is 11.1 Å². The highest BCUT2D eigenvalue weighted by atomic mass is 32.1. The van der Waals surface area contributed by atoms with Crippen molar-refractivity contribution in [3.8, 4) is 11.8 Å². The molecule has 0 saturated carbocycles. The van der Waals surface area contributed by atoms with E-state index in [1.807, 2.05) is 41.7 Å². The van der Waals surface area contributed by atoms with Crippen LogP contribution >= 0.6 is 20.6 Å². The maximum absolute atomic E-state index is 6.43. The summed E-state index contributed by atoms with van der Waals surface area (Å²) in [4.78, 5) is 0. The molecular weight excluding hydrogens is 439 g/mol. The maximum atomic E-state index is 6.43. The smallest absolute Gasteiger partial charge is 0.143 e. The molecule has 2 aromatic heterocycles. The second-order valence-corrected chi connectivity index (χ2v) is 9.85. The fourth-order valence-electron chi connectivity index (χ4n) is 4.60. The Balaban J connectivity index is 1.42. The largest absolute Gasteiger partial charge is 0.525 e. The molecule has 0 saturated heterocycles. The summed E-state index contributed by atoms with van der Waals surface area (Å²) in [5.74, 6) is 6.51. The molecule has 0 fully saturated rings. The van der Waals surface area contributed by atoms with Gasteiger partial charge in [0.1, 0.15) is 11.2 Å². The third kappa shape index (κ3) is 2.98. The van der Waals surface area contributed by atoms with Gasteiger partial charge in [0.15, 0.2) is 0 Å². The van der Waals surface area contributed by atoms with Crippen LogP contribution in [-0.2, 0) is 0 Å². The minimum absolute atomic E-state index is 0.872. The van der Waals surface area contributed by atoms with Gasteiger partial charge in [-0.1, -0.05) is 54.3 Å². The summed E-state index contributed by atoms with van der Waals surface area (Å²) in [6, 6.07) is 31.8. The monoisotopic (exact) mass is 455 g/mol. The number of hydrogen-bond acceptors (Lipinski definition) is 2. The maximum Gasteiger partial charge on any atom is 0.143 e. The van der Waals surface area contributed by atoms with Crippen LogP contribution in [0.15, 0.2) is 95.4 Å². The zero-order chi connectivity index (χ0) is 21.9. The normalized spacial score (nSPS) is 11.5. The lowest BCUT2D eigenvalue weighted by Gasteiger charge is -2.01. The van der Waals surface area contributed by atoms with Crippen molar-refractivity contribution in [2.24, 2.45) is 0 Å². The van der Waals surface area contributed by atoms with Crippen LogP contribution in [0.4, 0.5) is 0 Å². The predicted octanol–water partition coefficient (Wildman–Crippen LogP) is 8.28. The molecule has 5 aromatic carbocycles. The van der Waals surface area contributed by atoms with Crippen molar-refractivity contribution in [1.82, 2.24) is 0 Å². The molecule has 3 heteroatoms. The Morgan fingerprint density at radius 3 is 2.09 bits per heavy atom. The molecule has 0 spiro atoms. The van der Waals surface area contributed by atoms with Crippen molar-refractivity contribution >= 4 is 78.8 Å². The lowest BCUT2D eigenvalue weighted by Crippen LogP contribution is -1.87. The van der Waals surface area contributed by atoms with Gasteiger partial charge in [-0.25, -0.2) is 5.30 Å². The van der Waals surface area contributed by atoms with E-state index in [1.54, 1.807) is 0 Å². The minimum atomic E-state index is 0.872. The number of rotatable bonds is 0. The fourth-order valence-corrected chi connectivity index (χ4v) is 5.99. The summed E-state index contributed by atoms with van der Waals surface area (Å²) < 4.78 is 9.06. The van der Waals surface area contributed by atoms with Crippen LogP contribution in [0.5, 0.6) is 0 Å². The Hall–Kier alpha value is -3.63. The molecule has 0 atom stereocenters. The van der Waals surface area contributed by atoms with E-state index in [1.165, 1.54) is 25.6 Å². The molecule has 0 amide bonds. The molecule has 1 nitrogen and oxygen atoms in total. The summed E-state index contributed by atoms with van der Waals surface area (Å²) in [5, 5.41) is 8.34. The number of hydrogen-bond donors (Lipinski definition) is 0. The van der Waals surface area contributed by atoms with Gasteiger partial charge in [-0.15, -0.1) is 11.3 Å². The Morgan fingerprint density at radius 1 is 0.606 bits per heavy atom. The highest BCUT2D eigenvalue weighted by Crippen LogP contribution is 2.42. The summed E-state index contributed by atoms with van der Waals surface area (Å²) in [7, 11) is 3.52. The van der Waals surface area contributed by atoms with Gasteiger partial charge in [0.05, 0.1) is 0 Å². The fraction of sp³-hybridized carbons (Fsp3) is 0. The predicted molar refractivity (Wildman–Crippen MR) is 144 cm³/mol. The van der Waals surface area contributed by atoms with Crippen LogP contribution in [-0.4, -0.2) is 0 Å². The van der Waals surface area contributed by atoms with E-state index in [4.69, 9.17) is 4.42 Å². The molecule has 0 aliphatic rings. The zero-order valence-electron chi connectivity index (χ0n) is 17.5. The summed E-state index contributed by atoms with van der Waals surface area (Å²) in [6.07, 6.45) is 0. The van der Waals surface area contributed by atoms with Gasteiger partial charge in [-0.05, 0) is 48.5 Å². The van der Waals surface area contributed by atoms with E-state index in [-0.39, 0.29) is 0 Å². The van der Waals surface area contributed by atoms with E-state index < -0.39 is 0 Å². The molecule has 0 unspecified atom stereocenters. The van der Waals surface area contributed by atoms with Crippen LogP contribution in [0.3, 0.4) is 0 Å². The number of furan rings is 1. The molecule has 154 valence electrons. The molecule has 0 aliphatic heterocycles. The molecule has 0 aliphatic carbocycles. The molecule has 0 N–H and O–H groups in total. The second-order valence-electron chi connectivity index (χ2n) is 8.22. The summed E-state index contributed by atoms with van der Waals surface area (Å²) in [5.41, 5.74) is 3.75. The highest BCUT2D eigenvalue weighted by Gasteiger charge is 2.14. The van der Waals surface area contributed by atoms with Gasteiger partial charge in [0.2, 0.25) is 0 Å². The number of thiophene rings is 1. The highest BCUT2D eigenvalue weighted by molar-refractivity contribution is 7.27. The Labute approximate surface area is 196 Å². The Bertz CT molecular complexity index is 1930. The van der Waals surface area contributed by atoms with Crippen LogP contribution in [0.2, 0.25) is 0 Å². The van der Waals surface area contributed by atoms with Crippen molar-refractivity contribution in [1.29, 1.82) is 0 Å². The van der Waals surface area contributed by atoms with Crippen molar-refractivity contribution < 1.29 is 4.42 Å². The lowest BCUT2D eigenvalue weighted by atomic mass is 10.0. The van der Waals surface area contributed by atoms with E-state index in [0.29, 0.717) is 0 Å². The van der Waals surface area contributed by atoms with Crippen LogP contribution in [0.25, 0.3) is 52.9 Å². The summed E-state index contributed by atoms with van der Waals surface area (Å²) in [6.45, 7) is 0. The first kappa shape index (κ1) is 18.9. The van der Waals surface area contributed by atoms with Gasteiger partial charge in [0, 0.05) is 52.8 Å². The van der Waals surface area contributed by atoms with Crippen molar-refractivity contribution in [3.63, 3.8) is 0 Å². The van der Waals surface area contributed by atoms with E-state index in [9.17, 15) is 0 Å². The van der Waals surface area contributed by atoms with Gasteiger partial charge in [0.25, 0.3) is 0 Å². The molecular formula is C30H16OPS-.